The van der Waals surface area contributed by atoms with Crippen molar-refractivity contribution < 1.29 is 9.90 Å². The Bertz CT molecular complexity index is 790. The van der Waals surface area contributed by atoms with Crippen LogP contribution in [0.2, 0.25) is 0 Å². The van der Waals surface area contributed by atoms with Crippen LogP contribution in [0, 0.1) is 0 Å². The Morgan fingerprint density at radius 3 is 2.67 bits per heavy atom. The van der Waals surface area contributed by atoms with Gasteiger partial charge in [0.1, 0.15) is 5.69 Å². The van der Waals surface area contributed by atoms with Crippen molar-refractivity contribution in [3.63, 3.8) is 0 Å². The number of aromatic carboxylic acids is 1. The van der Waals surface area contributed by atoms with Crippen molar-refractivity contribution in [2.24, 2.45) is 0 Å². The molecule has 6 heteroatoms. The molecule has 0 aliphatic carbocycles. The van der Waals surface area contributed by atoms with Crippen molar-refractivity contribution in [2.45, 2.75) is 6.54 Å². The molecule has 3 heterocycles. The largest absolute Gasteiger partial charge is 0.477 e. The van der Waals surface area contributed by atoms with Gasteiger partial charge in [-0.25, -0.2) is 9.78 Å². The molecule has 0 unspecified atom stereocenters. The third-order valence-corrected chi connectivity index (χ3v) is 3.05. The molecule has 0 saturated carbocycles. The smallest absolute Gasteiger partial charge is 0.354 e. The number of aromatic nitrogens is 3. The monoisotopic (exact) mass is 280 g/mol. The van der Waals surface area contributed by atoms with E-state index in [0.717, 1.165) is 10.9 Å². The van der Waals surface area contributed by atoms with Gasteiger partial charge in [0, 0.05) is 30.5 Å². The second kappa shape index (κ2) is 5.54. The third-order valence-electron chi connectivity index (χ3n) is 3.05. The van der Waals surface area contributed by atoms with Gasteiger partial charge in [-0.2, -0.15) is 0 Å². The minimum atomic E-state index is -1.05. The predicted octanol–water partition coefficient (Wildman–Crippen LogP) is 2.34. The minimum Gasteiger partial charge on any atom is -0.477 e. The van der Waals surface area contributed by atoms with Gasteiger partial charge in [0.2, 0.25) is 0 Å². The van der Waals surface area contributed by atoms with Crippen LogP contribution < -0.4 is 5.32 Å². The molecule has 3 aromatic rings. The first-order chi connectivity index (χ1) is 10.2. The quantitative estimate of drug-likeness (QED) is 0.762. The number of fused-ring (bicyclic) bond motifs is 1. The molecule has 3 aromatic heterocycles. The Hall–Kier alpha value is -3.02. The molecular formula is C15H12N4O2. The number of nitrogens with zero attached hydrogens (tertiary/aromatic N) is 3. The fourth-order valence-corrected chi connectivity index (χ4v) is 1.99. The SMILES string of the molecule is O=C(O)c1ccc2cncc(NCc3ccncc3)c2n1. The van der Waals surface area contributed by atoms with Gasteiger partial charge >= 0.3 is 5.97 Å². The molecule has 0 saturated heterocycles. The molecule has 0 bridgehead atoms. The van der Waals surface area contributed by atoms with Crippen LogP contribution in [0.25, 0.3) is 10.9 Å². The fourth-order valence-electron chi connectivity index (χ4n) is 1.99. The molecule has 6 nitrogen and oxygen atoms in total. The molecule has 0 aliphatic heterocycles. The van der Waals surface area contributed by atoms with E-state index in [0.29, 0.717) is 17.7 Å². The zero-order chi connectivity index (χ0) is 14.7. The van der Waals surface area contributed by atoms with E-state index in [2.05, 4.69) is 20.3 Å². The molecule has 3 rings (SSSR count). The molecule has 0 aliphatic rings. The Morgan fingerprint density at radius 2 is 1.90 bits per heavy atom. The summed E-state index contributed by atoms with van der Waals surface area (Å²) < 4.78 is 0. The summed E-state index contributed by atoms with van der Waals surface area (Å²) in [6.45, 7) is 0.586. The molecule has 0 fully saturated rings. The van der Waals surface area contributed by atoms with Crippen molar-refractivity contribution in [1.29, 1.82) is 0 Å². The van der Waals surface area contributed by atoms with Crippen LogP contribution in [-0.2, 0) is 6.54 Å². The van der Waals surface area contributed by atoms with E-state index in [1.165, 1.54) is 6.07 Å². The number of carboxylic acid groups (broad SMARTS) is 1. The summed E-state index contributed by atoms with van der Waals surface area (Å²) in [5, 5.41) is 13.1. The van der Waals surface area contributed by atoms with Gasteiger partial charge in [0.15, 0.2) is 0 Å². The second-order valence-corrected chi connectivity index (χ2v) is 4.47. The summed E-state index contributed by atoms with van der Waals surface area (Å²) in [7, 11) is 0. The number of hydrogen-bond acceptors (Lipinski definition) is 5. The van der Waals surface area contributed by atoms with Crippen LogP contribution in [0.3, 0.4) is 0 Å². The van der Waals surface area contributed by atoms with E-state index in [4.69, 9.17) is 5.11 Å². The molecule has 0 spiro atoms. The van der Waals surface area contributed by atoms with Gasteiger partial charge in [-0.15, -0.1) is 0 Å². The van der Waals surface area contributed by atoms with Gasteiger partial charge < -0.3 is 10.4 Å². The maximum Gasteiger partial charge on any atom is 0.354 e. The average molecular weight is 280 g/mol. The number of nitrogens with one attached hydrogen (secondary N) is 1. The van der Waals surface area contributed by atoms with Gasteiger partial charge in [-0.1, -0.05) is 0 Å². The van der Waals surface area contributed by atoms with E-state index >= 15 is 0 Å². The molecule has 0 atom stereocenters. The van der Waals surface area contributed by atoms with Crippen LogP contribution in [0.4, 0.5) is 5.69 Å². The summed E-state index contributed by atoms with van der Waals surface area (Å²) in [6, 6.07) is 6.98. The fraction of sp³-hybridized carbons (Fsp3) is 0.0667. The lowest BCUT2D eigenvalue weighted by atomic mass is 10.2. The van der Waals surface area contributed by atoms with Crippen molar-refractivity contribution >= 4 is 22.6 Å². The van der Waals surface area contributed by atoms with Crippen LogP contribution >= 0.6 is 0 Å². The highest BCUT2D eigenvalue weighted by atomic mass is 16.4. The minimum absolute atomic E-state index is 0.0145. The van der Waals surface area contributed by atoms with Gasteiger partial charge in [-0.3, -0.25) is 9.97 Å². The topological polar surface area (TPSA) is 88.0 Å². The third kappa shape index (κ3) is 2.79. The Kier molecular flexibility index (Phi) is 3.42. The maximum absolute atomic E-state index is 11.0. The van der Waals surface area contributed by atoms with E-state index in [-0.39, 0.29) is 5.69 Å². The van der Waals surface area contributed by atoms with Crippen molar-refractivity contribution in [2.75, 3.05) is 5.32 Å². The van der Waals surface area contributed by atoms with E-state index in [9.17, 15) is 4.79 Å². The molecule has 2 N–H and O–H groups in total. The Balaban J connectivity index is 1.94. The maximum atomic E-state index is 11.0. The van der Waals surface area contributed by atoms with Crippen molar-refractivity contribution in [3.05, 3.63) is 60.3 Å². The van der Waals surface area contributed by atoms with Gasteiger partial charge in [-0.05, 0) is 29.8 Å². The first-order valence-electron chi connectivity index (χ1n) is 6.35. The number of hydrogen-bond donors (Lipinski definition) is 2. The number of carbonyl (C=O) groups is 1. The standard InChI is InChI=1S/C15H12N4O2/c20-15(21)12-2-1-11-8-17-9-13(14(11)19-12)18-7-10-3-5-16-6-4-10/h1-6,8-9,18H,7H2,(H,20,21). The zero-order valence-corrected chi connectivity index (χ0v) is 11.0. The Labute approximate surface area is 120 Å². The van der Waals surface area contributed by atoms with E-state index in [1.807, 2.05) is 12.1 Å². The van der Waals surface area contributed by atoms with Crippen LogP contribution in [-0.4, -0.2) is 26.0 Å². The summed E-state index contributed by atoms with van der Waals surface area (Å²) in [4.78, 5) is 23.3. The number of pyridine rings is 3. The lowest BCUT2D eigenvalue weighted by Gasteiger charge is -2.09. The average Bonchev–Trinajstić information content (AvgIpc) is 2.53. The van der Waals surface area contributed by atoms with Crippen LogP contribution in [0.5, 0.6) is 0 Å². The molecule has 0 radical (unpaired) electrons. The lowest BCUT2D eigenvalue weighted by Crippen LogP contribution is -2.04. The molecule has 21 heavy (non-hydrogen) atoms. The number of carboxylic acids is 1. The van der Waals surface area contributed by atoms with E-state index in [1.54, 1.807) is 30.9 Å². The summed E-state index contributed by atoms with van der Waals surface area (Å²) >= 11 is 0. The normalized spacial score (nSPS) is 10.5. The first kappa shape index (κ1) is 13.0. The highest BCUT2D eigenvalue weighted by Crippen LogP contribution is 2.21. The number of rotatable bonds is 4. The summed E-state index contributed by atoms with van der Waals surface area (Å²) in [6.07, 6.45) is 6.74. The van der Waals surface area contributed by atoms with Gasteiger partial charge in [0.05, 0.1) is 17.4 Å². The van der Waals surface area contributed by atoms with Crippen molar-refractivity contribution in [3.8, 4) is 0 Å². The predicted molar refractivity (Wildman–Crippen MR) is 78.1 cm³/mol. The van der Waals surface area contributed by atoms with Gasteiger partial charge in [0.25, 0.3) is 0 Å². The summed E-state index contributed by atoms with van der Waals surface area (Å²) in [5.74, 6) is -1.05. The van der Waals surface area contributed by atoms with Crippen molar-refractivity contribution in [1.82, 2.24) is 15.0 Å². The molecular weight excluding hydrogens is 268 g/mol. The molecule has 0 amide bonds. The second-order valence-electron chi connectivity index (χ2n) is 4.47. The lowest BCUT2D eigenvalue weighted by molar-refractivity contribution is 0.0691. The summed E-state index contributed by atoms with van der Waals surface area (Å²) in [5.41, 5.74) is 2.38. The van der Waals surface area contributed by atoms with Crippen LogP contribution in [0.15, 0.2) is 49.1 Å². The van der Waals surface area contributed by atoms with Crippen LogP contribution in [0.1, 0.15) is 16.1 Å². The van der Waals surface area contributed by atoms with E-state index < -0.39 is 5.97 Å². The number of anilines is 1. The highest BCUT2D eigenvalue weighted by molar-refractivity contribution is 5.94. The Morgan fingerprint density at radius 1 is 1.10 bits per heavy atom. The molecule has 104 valence electrons. The molecule has 0 aromatic carbocycles. The first-order valence-corrected chi connectivity index (χ1v) is 6.35. The zero-order valence-electron chi connectivity index (χ0n) is 11.0. The highest BCUT2D eigenvalue weighted by Gasteiger charge is 2.08.